The normalized spacial score (nSPS) is 11.4. The molecule has 0 atom stereocenters. The van der Waals surface area contributed by atoms with E-state index in [0.717, 1.165) is 37.6 Å². The number of pyridine rings is 3. The molecule has 154 valence electrons. The molecule has 0 aliphatic rings. The molecule has 0 aliphatic carbocycles. The van der Waals surface area contributed by atoms with Crippen LogP contribution in [0.25, 0.3) is 55.0 Å². The van der Waals surface area contributed by atoms with Gasteiger partial charge in [0.25, 0.3) is 0 Å². The van der Waals surface area contributed by atoms with Gasteiger partial charge in [-0.2, -0.15) is 0 Å². The number of aromatic amines is 2. The summed E-state index contributed by atoms with van der Waals surface area (Å²) in [4.78, 5) is 38.4. The number of aromatic nitrogens is 6. The number of rotatable bonds is 3. The van der Waals surface area contributed by atoms with Gasteiger partial charge < -0.3 is 9.97 Å². The number of hydrogen-bond donors (Lipinski definition) is 2. The Balaban J connectivity index is 1.66. The summed E-state index contributed by atoms with van der Waals surface area (Å²) in [5.74, 6) is 0.522. The fourth-order valence-corrected chi connectivity index (χ4v) is 4.64. The number of thiazole rings is 1. The average Bonchev–Trinajstić information content (AvgIpc) is 3.50. The van der Waals surface area contributed by atoms with Crippen molar-refractivity contribution >= 4 is 33.3 Å². The van der Waals surface area contributed by atoms with E-state index in [0.29, 0.717) is 22.4 Å². The van der Waals surface area contributed by atoms with E-state index >= 15 is 0 Å². The number of fused-ring (bicyclic) bond motifs is 2. The second kappa shape index (κ2) is 7.21. The van der Waals surface area contributed by atoms with Crippen LogP contribution in [0.1, 0.15) is 5.01 Å². The SMILES string of the molecule is Cc1ncc(-c2nc3[nH]cc(-c4ncc[nH]4)c(=O)c3cc2-c2ccc3ncccc3c2)s1. The number of hydrogen-bond acceptors (Lipinski definition) is 6. The predicted octanol–water partition coefficient (Wildman–Crippen LogP) is 4.96. The van der Waals surface area contributed by atoms with Gasteiger partial charge in [0, 0.05) is 41.9 Å². The highest BCUT2D eigenvalue weighted by atomic mass is 32.1. The van der Waals surface area contributed by atoms with E-state index in [1.165, 1.54) is 0 Å². The van der Waals surface area contributed by atoms with Crippen LogP contribution in [0.3, 0.4) is 0 Å². The van der Waals surface area contributed by atoms with Crippen LogP contribution in [-0.2, 0) is 0 Å². The minimum absolute atomic E-state index is 0.128. The second-order valence-corrected chi connectivity index (χ2v) is 8.64. The third-order valence-corrected chi connectivity index (χ3v) is 6.31. The zero-order valence-corrected chi connectivity index (χ0v) is 17.8. The third-order valence-electron chi connectivity index (χ3n) is 5.39. The molecule has 0 fully saturated rings. The van der Waals surface area contributed by atoms with Crippen molar-refractivity contribution in [1.82, 2.24) is 29.9 Å². The number of nitrogens with one attached hydrogen (secondary N) is 2. The topological polar surface area (TPSA) is 100 Å². The maximum atomic E-state index is 13.3. The van der Waals surface area contributed by atoms with E-state index in [9.17, 15) is 4.79 Å². The number of benzene rings is 1. The van der Waals surface area contributed by atoms with Gasteiger partial charge in [-0.1, -0.05) is 12.1 Å². The van der Waals surface area contributed by atoms with Gasteiger partial charge in [0.15, 0.2) is 0 Å². The summed E-state index contributed by atoms with van der Waals surface area (Å²) in [5, 5.41) is 2.48. The van der Waals surface area contributed by atoms with Crippen LogP contribution < -0.4 is 5.43 Å². The molecule has 6 rings (SSSR count). The summed E-state index contributed by atoms with van der Waals surface area (Å²) in [6, 6.07) is 11.9. The first-order valence-corrected chi connectivity index (χ1v) is 10.8. The van der Waals surface area contributed by atoms with Crippen LogP contribution in [0.2, 0.25) is 0 Å². The fraction of sp³-hybridized carbons (Fsp3) is 0.0417. The summed E-state index contributed by atoms with van der Waals surface area (Å²) in [6.07, 6.45) is 8.58. The molecule has 6 aromatic rings. The van der Waals surface area contributed by atoms with Crippen molar-refractivity contribution in [2.75, 3.05) is 0 Å². The molecular weight excluding hydrogens is 420 g/mol. The van der Waals surface area contributed by atoms with Crippen molar-refractivity contribution in [2.45, 2.75) is 6.92 Å². The largest absolute Gasteiger partial charge is 0.345 e. The lowest BCUT2D eigenvalue weighted by atomic mass is 9.99. The predicted molar refractivity (Wildman–Crippen MR) is 127 cm³/mol. The molecule has 0 bridgehead atoms. The van der Waals surface area contributed by atoms with Gasteiger partial charge in [-0.25, -0.2) is 15.0 Å². The van der Waals surface area contributed by atoms with Gasteiger partial charge in [0.05, 0.1) is 32.0 Å². The molecule has 0 saturated heterocycles. The van der Waals surface area contributed by atoms with Crippen molar-refractivity contribution in [1.29, 1.82) is 0 Å². The van der Waals surface area contributed by atoms with Crippen molar-refractivity contribution in [3.63, 3.8) is 0 Å². The molecule has 0 saturated carbocycles. The van der Waals surface area contributed by atoms with E-state index < -0.39 is 0 Å². The molecule has 1 aromatic carbocycles. The van der Waals surface area contributed by atoms with E-state index in [-0.39, 0.29) is 5.43 Å². The van der Waals surface area contributed by atoms with Gasteiger partial charge in [-0.05, 0) is 36.8 Å². The van der Waals surface area contributed by atoms with Crippen molar-refractivity contribution in [3.05, 3.63) is 82.6 Å². The van der Waals surface area contributed by atoms with Crippen LogP contribution >= 0.6 is 11.3 Å². The quantitative estimate of drug-likeness (QED) is 0.408. The summed E-state index contributed by atoms with van der Waals surface area (Å²) in [7, 11) is 0. The lowest BCUT2D eigenvalue weighted by Crippen LogP contribution is -2.09. The zero-order chi connectivity index (χ0) is 21.7. The molecular formula is C24H16N6OS. The molecule has 2 N–H and O–H groups in total. The molecule has 8 heteroatoms. The summed E-state index contributed by atoms with van der Waals surface area (Å²) < 4.78 is 0. The van der Waals surface area contributed by atoms with Crippen molar-refractivity contribution in [3.8, 4) is 33.1 Å². The first-order valence-electron chi connectivity index (χ1n) is 10.0. The minimum atomic E-state index is -0.128. The standard InChI is InChI=1S/C24H16N6OS/c1-13-28-12-20(32-13)21-16(14-4-5-19-15(9-14)3-2-6-25-19)10-17-22(31)18(11-29-24(17)30-21)23-26-7-8-27-23/h2-12H,1H3,(H,26,27)(H,29,30,31). The van der Waals surface area contributed by atoms with Crippen LogP contribution in [0.4, 0.5) is 0 Å². The number of aryl methyl sites for hydroxylation is 1. The lowest BCUT2D eigenvalue weighted by molar-refractivity contribution is 1.24. The van der Waals surface area contributed by atoms with Gasteiger partial charge in [-0.15, -0.1) is 11.3 Å². The molecule has 32 heavy (non-hydrogen) atoms. The fourth-order valence-electron chi connectivity index (χ4n) is 3.86. The van der Waals surface area contributed by atoms with Gasteiger partial charge in [0.2, 0.25) is 5.43 Å². The smallest absolute Gasteiger partial charge is 0.201 e. The molecule has 0 unspecified atom stereocenters. The number of nitrogens with zero attached hydrogens (tertiary/aromatic N) is 4. The highest BCUT2D eigenvalue weighted by Crippen LogP contribution is 2.36. The van der Waals surface area contributed by atoms with Crippen molar-refractivity contribution in [2.24, 2.45) is 0 Å². The Bertz CT molecular complexity index is 1670. The number of H-pyrrole nitrogens is 2. The molecule has 0 aliphatic heterocycles. The Morgan fingerprint density at radius 1 is 0.969 bits per heavy atom. The maximum absolute atomic E-state index is 13.3. The summed E-state index contributed by atoms with van der Waals surface area (Å²) in [6.45, 7) is 1.97. The molecule has 0 radical (unpaired) electrons. The van der Waals surface area contributed by atoms with Gasteiger partial charge in [-0.3, -0.25) is 9.78 Å². The van der Waals surface area contributed by atoms with E-state index in [4.69, 9.17) is 4.98 Å². The minimum Gasteiger partial charge on any atom is -0.345 e. The monoisotopic (exact) mass is 436 g/mol. The molecule has 0 amide bonds. The Kier molecular flexibility index (Phi) is 4.19. The second-order valence-electron chi connectivity index (χ2n) is 7.40. The van der Waals surface area contributed by atoms with Crippen LogP contribution in [0.5, 0.6) is 0 Å². The van der Waals surface area contributed by atoms with E-state index in [1.807, 2.05) is 43.5 Å². The van der Waals surface area contributed by atoms with E-state index in [1.54, 1.807) is 36.1 Å². The molecule has 5 heterocycles. The average molecular weight is 437 g/mol. The first-order chi connectivity index (χ1) is 15.7. The Labute approximate surface area is 185 Å². The van der Waals surface area contributed by atoms with E-state index in [2.05, 4.69) is 31.0 Å². The van der Waals surface area contributed by atoms with Crippen molar-refractivity contribution < 1.29 is 0 Å². The van der Waals surface area contributed by atoms with Gasteiger partial charge in [0.1, 0.15) is 11.5 Å². The molecule has 7 nitrogen and oxygen atoms in total. The van der Waals surface area contributed by atoms with Gasteiger partial charge >= 0.3 is 0 Å². The molecule has 5 aromatic heterocycles. The summed E-state index contributed by atoms with van der Waals surface area (Å²) in [5.41, 5.74) is 4.40. The summed E-state index contributed by atoms with van der Waals surface area (Å²) >= 11 is 1.57. The first kappa shape index (κ1) is 18.6. The number of imidazole rings is 1. The Hall–Kier alpha value is -4.17. The van der Waals surface area contributed by atoms with Crippen LogP contribution in [-0.4, -0.2) is 29.9 Å². The van der Waals surface area contributed by atoms with Crippen LogP contribution in [0, 0.1) is 6.92 Å². The highest BCUT2D eigenvalue weighted by molar-refractivity contribution is 7.15. The molecule has 0 spiro atoms. The highest BCUT2D eigenvalue weighted by Gasteiger charge is 2.17. The lowest BCUT2D eigenvalue weighted by Gasteiger charge is -2.11. The Morgan fingerprint density at radius 2 is 1.91 bits per heavy atom. The van der Waals surface area contributed by atoms with Crippen LogP contribution in [0.15, 0.2) is 72.2 Å². The zero-order valence-electron chi connectivity index (χ0n) is 17.0. The maximum Gasteiger partial charge on any atom is 0.201 e. The third kappa shape index (κ3) is 3.00. The Morgan fingerprint density at radius 3 is 2.72 bits per heavy atom.